The lowest BCUT2D eigenvalue weighted by molar-refractivity contribution is 0.131. The van der Waals surface area contributed by atoms with Crippen molar-refractivity contribution in [2.75, 3.05) is 19.8 Å². The first-order valence-corrected chi connectivity index (χ1v) is 5.12. The fraction of sp³-hybridized carbons (Fsp3) is 1.00. The number of unbranched alkanes of at least 4 members (excludes halogenated alkanes) is 1. The van der Waals surface area contributed by atoms with Gasteiger partial charge in [0.15, 0.2) is 0 Å². The summed E-state index contributed by atoms with van der Waals surface area (Å²) < 4.78 is 5.41. The molecule has 0 aromatic carbocycles. The van der Waals surface area contributed by atoms with E-state index >= 15 is 0 Å². The third-order valence-electron chi connectivity index (χ3n) is 1.99. The molecule has 74 valence electrons. The van der Waals surface area contributed by atoms with E-state index < -0.39 is 0 Å². The molecule has 0 heterocycles. The second-order valence-corrected chi connectivity index (χ2v) is 3.23. The first-order valence-electron chi connectivity index (χ1n) is 5.12. The Hall–Kier alpha value is -0.0800. The van der Waals surface area contributed by atoms with E-state index in [4.69, 9.17) is 4.74 Å². The Labute approximate surface area is 76.7 Å². The summed E-state index contributed by atoms with van der Waals surface area (Å²) >= 11 is 0. The zero-order valence-corrected chi connectivity index (χ0v) is 8.73. The fourth-order valence-electron chi connectivity index (χ4n) is 0.870. The van der Waals surface area contributed by atoms with Gasteiger partial charge in [-0.25, -0.2) is 0 Å². The van der Waals surface area contributed by atoms with Crippen LogP contribution < -0.4 is 5.32 Å². The van der Waals surface area contributed by atoms with Crippen LogP contribution in [-0.4, -0.2) is 25.8 Å². The molecule has 0 saturated heterocycles. The van der Waals surface area contributed by atoms with Crippen molar-refractivity contribution in [1.82, 2.24) is 5.32 Å². The second-order valence-electron chi connectivity index (χ2n) is 3.23. The highest BCUT2D eigenvalue weighted by molar-refractivity contribution is 4.55. The van der Waals surface area contributed by atoms with Gasteiger partial charge in [-0.05, 0) is 19.8 Å². The topological polar surface area (TPSA) is 21.3 Å². The molecule has 0 aliphatic heterocycles. The van der Waals surface area contributed by atoms with Crippen LogP contribution in [0.15, 0.2) is 0 Å². The number of hydrogen-bond donors (Lipinski definition) is 1. The van der Waals surface area contributed by atoms with Gasteiger partial charge < -0.3 is 10.1 Å². The number of nitrogens with one attached hydrogen (secondary N) is 1. The molecule has 0 spiro atoms. The van der Waals surface area contributed by atoms with Gasteiger partial charge in [0.25, 0.3) is 0 Å². The van der Waals surface area contributed by atoms with Crippen LogP contribution in [0, 0.1) is 0 Å². The second kappa shape index (κ2) is 9.01. The van der Waals surface area contributed by atoms with Crippen LogP contribution in [0.4, 0.5) is 0 Å². The van der Waals surface area contributed by atoms with Crippen molar-refractivity contribution >= 4 is 0 Å². The highest BCUT2D eigenvalue weighted by Gasteiger charge is 1.95. The molecular weight excluding hydrogens is 150 g/mol. The minimum atomic E-state index is 0.625. The van der Waals surface area contributed by atoms with Crippen molar-refractivity contribution in [3.8, 4) is 0 Å². The predicted molar refractivity (Wildman–Crippen MR) is 53.5 cm³/mol. The number of rotatable bonds is 8. The monoisotopic (exact) mass is 173 g/mol. The van der Waals surface area contributed by atoms with E-state index in [0.717, 1.165) is 19.8 Å². The highest BCUT2D eigenvalue weighted by Crippen LogP contribution is 1.88. The first kappa shape index (κ1) is 11.9. The van der Waals surface area contributed by atoms with Gasteiger partial charge in [-0.3, -0.25) is 0 Å². The summed E-state index contributed by atoms with van der Waals surface area (Å²) in [6.45, 7) is 9.32. The van der Waals surface area contributed by atoms with E-state index in [0.29, 0.717) is 6.04 Å². The van der Waals surface area contributed by atoms with Crippen molar-refractivity contribution in [2.45, 2.75) is 46.1 Å². The summed E-state index contributed by atoms with van der Waals surface area (Å²) in [6.07, 6.45) is 3.59. The maximum absolute atomic E-state index is 5.41. The average Bonchev–Trinajstić information content (AvgIpc) is 2.10. The molecule has 0 bridgehead atoms. The maximum Gasteiger partial charge on any atom is 0.0590 e. The fourth-order valence-corrected chi connectivity index (χ4v) is 0.870. The smallest absolute Gasteiger partial charge is 0.0590 e. The Morgan fingerprint density at radius 1 is 1.25 bits per heavy atom. The van der Waals surface area contributed by atoms with E-state index in [1.165, 1.54) is 19.3 Å². The normalized spacial score (nSPS) is 13.2. The Morgan fingerprint density at radius 3 is 2.58 bits per heavy atom. The molecule has 12 heavy (non-hydrogen) atoms. The lowest BCUT2D eigenvalue weighted by Gasteiger charge is -2.10. The van der Waals surface area contributed by atoms with Crippen LogP contribution in [0.3, 0.4) is 0 Å². The van der Waals surface area contributed by atoms with Crippen LogP contribution in [0.5, 0.6) is 0 Å². The number of ether oxygens (including phenoxy) is 1. The average molecular weight is 173 g/mol. The Bertz CT molecular complexity index is 85.9. The highest BCUT2D eigenvalue weighted by atomic mass is 16.5. The van der Waals surface area contributed by atoms with E-state index in [-0.39, 0.29) is 0 Å². The summed E-state index contributed by atoms with van der Waals surface area (Å²) in [5.74, 6) is 0. The summed E-state index contributed by atoms with van der Waals surface area (Å²) in [6, 6.07) is 0.625. The molecule has 2 heteroatoms. The van der Waals surface area contributed by atoms with E-state index in [1.807, 2.05) is 0 Å². The summed E-state index contributed by atoms with van der Waals surface area (Å²) in [4.78, 5) is 0. The SMILES string of the molecule is CCCCOCCNC(C)CC. The van der Waals surface area contributed by atoms with E-state index in [2.05, 4.69) is 26.1 Å². The third-order valence-corrected chi connectivity index (χ3v) is 1.99. The molecule has 0 saturated carbocycles. The van der Waals surface area contributed by atoms with Gasteiger partial charge in [-0.2, -0.15) is 0 Å². The molecule has 0 rings (SSSR count). The van der Waals surface area contributed by atoms with Gasteiger partial charge in [0.05, 0.1) is 6.61 Å². The quantitative estimate of drug-likeness (QED) is 0.568. The lowest BCUT2D eigenvalue weighted by Crippen LogP contribution is -2.28. The molecule has 0 aromatic heterocycles. The maximum atomic E-state index is 5.41. The van der Waals surface area contributed by atoms with Gasteiger partial charge in [0.1, 0.15) is 0 Å². The van der Waals surface area contributed by atoms with Crippen LogP contribution >= 0.6 is 0 Å². The molecule has 1 atom stereocenters. The Balaban J connectivity index is 2.90. The molecule has 0 aromatic rings. The van der Waals surface area contributed by atoms with Crippen molar-refractivity contribution in [3.05, 3.63) is 0 Å². The van der Waals surface area contributed by atoms with Crippen LogP contribution in [0.25, 0.3) is 0 Å². The van der Waals surface area contributed by atoms with Gasteiger partial charge >= 0.3 is 0 Å². The van der Waals surface area contributed by atoms with Crippen molar-refractivity contribution in [1.29, 1.82) is 0 Å². The third kappa shape index (κ3) is 8.02. The van der Waals surface area contributed by atoms with Crippen molar-refractivity contribution in [3.63, 3.8) is 0 Å². The molecular formula is C10H23NO. The largest absolute Gasteiger partial charge is 0.380 e. The van der Waals surface area contributed by atoms with Crippen molar-refractivity contribution < 1.29 is 4.74 Å². The molecule has 0 aliphatic carbocycles. The molecule has 0 fully saturated rings. The Kier molecular flexibility index (Phi) is 8.95. The van der Waals surface area contributed by atoms with Crippen molar-refractivity contribution in [2.24, 2.45) is 0 Å². The van der Waals surface area contributed by atoms with Gasteiger partial charge in [-0.15, -0.1) is 0 Å². The first-order chi connectivity index (χ1) is 5.81. The molecule has 0 aliphatic rings. The Morgan fingerprint density at radius 2 is 2.00 bits per heavy atom. The molecule has 1 unspecified atom stereocenters. The molecule has 1 N–H and O–H groups in total. The van der Waals surface area contributed by atoms with Crippen LogP contribution in [-0.2, 0) is 4.74 Å². The minimum Gasteiger partial charge on any atom is -0.380 e. The van der Waals surface area contributed by atoms with Gasteiger partial charge in [-0.1, -0.05) is 20.3 Å². The lowest BCUT2D eigenvalue weighted by atomic mass is 10.3. The van der Waals surface area contributed by atoms with E-state index in [1.54, 1.807) is 0 Å². The zero-order valence-electron chi connectivity index (χ0n) is 8.73. The zero-order chi connectivity index (χ0) is 9.23. The van der Waals surface area contributed by atoms with Gasteiger partial charge in [0, 0.05) is 19.2 Å². The predicted octanol–water partition coefficient (Wildman–Crippen LogP) is 2.19. The van der Waals surface area contributed by atoms with E-state index in [9.17, 15) is 0 Å². The van der Waals surface area contributed by atoms with Crippen LogP contribution in [0.2, 0.25) is 0 Å². The summed E-state index contributed by atoms with van der Waals surface area (Å²) in [7, 11) is 0. The number of hydrogen-bond acceptors (Lipinski definition) is 2. The molecule has 2 nitrogen and oxygen atoms in total. The standard InChI is InChI=1S/C10H23NO/c1-4-6-8-12-9-7-11-10(3)5-2/h10-11H,4-9H2,1-3H3. The van der Waals surface area contributed by atoms with Gasteiger partial charge in [0.2, 0.25) is 0 Å². The van der Waals surface area contributed by atoms with Crippen LogP contribution in [0.1, 0.15) is 40.0 Å². The minimum absolute atomic E-state index is 0.625. The molecule has 0 radical (unpaired) electrons. The summed E-state index contributed by atoms with van der Waals surface area (Å²) in [5, 5.41) is 3.38. The molecule has 0 amide bonds. The summed E-state index contributed by atoms with van der Waals surface area (Å²) in [5.41, 5.74) is 0.